The fourth-order valence-corrected chi connectivity index (χ4v) is 1.62. The molecule has 1 unspecified atom stereocenters. The number of amides is 1. The molecule has 16 heavy (non-hydrogen) atoms. The number of benzene rings is 1. The molecule has 1 atom stereocenters. The van der Waals surface area contributed by atoms with E-state index in [0.717, 1.165) is 17.5 Å². The first kappa shape index (κ1) is 12.2. The molecule has 1 amide bonds. The zero-order chi connectivity index (χ0) is 12.0. The van der Waals surface area contributed by atoms with Crippen LogP contribution in [0.25, 0.3) is 0 Å². The number of carbonyl (C=O) groups is 2. The van der Waals surface area contributed by atoms with Gasteiger partial charge in [0.05, 0.1) is 0 Å². The summed E-state index contributed by atoms with van der Waals surface area (Å²) in [5.41, 5.74) is 2.08. The molecular formula is C12H15NO3. The molecule has 0 bridgehead atoms. The maximum atomic E-state index is 10.9. The molecular weight excluding hydrogens is 206 g/mol. The lowest BCUT2D eigenvalue weighted by molar-refractivity contribution is -0.140. The van der Waals surface area contributed by atoms with Crippen molar-refractivity contribution in [2.75, 3.05) is 0 Å². The van der Waals surface area contributed by atoms with Gasteiger partial charge in [0.15, 0.2) is 0 Å². The predicted molar refractivity (Wildman–Crippen MR) is 60.1 cm³/mol. The SMILES string of the molecule is CCc1ccccc1CC(NC=O)C(=O)O. The Morgan fingerprint density at radius 3 is 2.56 bits per heavy atom. The van der Waals surface area contributed by atoms with E-state index in [1.54, 1.807) is 0 Å². The van der Waals surface area contributed by atoms with Gasteiger partial charge in [-0.3, -0.25) is 4.79 Å². The molecule has 0 saturated heterocycles. The summed E-state index contributed by atoms with van der Waals surface area (Å²) in [5, 5.41) is 11.2. The molecule has 0 aliphatic rings. The van der Waals surface area contributed by atoms with Crippen LogP contribution < -0.4 is 5.32 Å². The standard InChI is InChI=1S/C12H15NO3/c1-2-9-5-3-4-6-10(9)7-11(12(15)16)13-8-14/h3-6,8,11H,2,7H2,1H3,(H,13,14)(H,15,16). The van der Waals surface area contributed by atoms with Crippen molar-refractivity contribution >= 4 is 12.4 Å². The summed E-state index contributed by atoms with van der Waals surface area (Å²) in [6.07, 6.45) is 1.59. The van der Waals surface area contributed by atoms with E-state index in [1.807, 2.05) is 31.2 Å². The van der Waals surface area contributed by atoms with Crippen LogP contribution in [-0.4, -0.2) is 23.5 Å². The molecule has 0 aliphatic carbocycles. The van der Waals surface area contributed by atoms with E-state index in [9.17, 15) is 9.59 Å². The summed E-state index contributed by atoms with van der Waals surface area (Å²) in [6.45, 7) is 2.02. The average Bonchev–Trinajstić information content (AvgIpc) is 2.29. The first-order chi connectivity index (χ1) is 7.69. The van der Waals surface area contributed by atoms with Crippen molar-refractivity contribution in [3.8, 4) is 0 Å². The maximum Gasteiger partial charge on any atom is 0.326 e. The molecule has 4 nitrogen and oxygen atoms in total. The number of nitrogens with one attached hydrogen (secondary N) is 1. The van der Waals surface area contributed by atoms with Gasteiger partial charge in [-0.15, -0.1) is 0 Å². The monoisotopic (exact) mass is 221 g/mol. The molecule has 1 rings (SSSR count). The Morgan fingerprint density at radius 1 is 1.44 bits per heavy atom. The minimum atomic E-state index is -1.02. The van der Waals surface area contributed by atoms with Gasteiger partial charge in [-0.05, 0) is 17.5 Å². The third-order valence-electron chi connectivity index (χ3n) is 2.49. The normalized spacial score (nSPS) is 11.8. The van der Waals surface area contributed by atoms with Gasteiger partial charge in [0, 0.05) is 6.42 Å². The molecule has 0 fully saturated rings. The van der Waals surface area contributed by atoms with Crippen LogP contribution in [0.5, 0.6) is 0 Å². The van der Waals surface area contributed by atoms with Crippen molar-refractivity contribution in [3.05, 3.63) is 35.4 Å². The van der Waals surface area contributed by atoms with Crippen molar-refractivity contribution < 1.29 is 14.7 Å². The van der Waals surface area contributed by atoms with Gasteiger partial charge in [0.25, 0.3) is 0 Å². The smallest absolute Gasteiger partial charge is 0.326 e. The molecule has 0 saturated carbocycles. The summed E-state index contributed by atoms with van der Waals surface area (Å²) < 4.78 is 0. The highest BCUT2D eigenvalue weighted by Gasteiger charge is 2.17. The summed E-state index contributed by atoms with van der Waals surface area (Å²) in [4.78, 5) is 21.2. The van der Waals surface area contributed by atoms with Gasteiger partial charge >= 0.3 is 5.97 Å². The number of carbonyl (C=O) groups excluding carboxylic acids is 1. The van der Waals surface area contributed by atoms with Crippen LogP contribution >= 0.6 is 0 Å². The zero-order valence-electron chi connectivity index (χ0n) is 9.14. The Kier molecular flexibility index (Phi) is 4.51. The van der Waals surface area contributed by atoms with Crippen molar-refractivity contribution in [3.63, 3.8) is 0 Å². The van der Waals surface area contributed by atoms with E-state index >= 15 is 0 Å². The van der Waals surface area contributed by atoms with Gasteiger partial charge in [-0.25, -0.2) is 4.79 Å². The average molecular weight is 221 g/mol. The highest BCUT2D eigenvalue weighted by atomic mass is 16.4. The second kappa shape index (κ2) is 5.90. The van der Waals surface area contributed by atoms with Gasteiger partial charge in [-0.1, -0.05) is 31.2 Å². The third kappa shape index (κ3) is 3.08. The highest BCUT2D eigenvalue weighted by Crippen LogP contribution is 2.11. The molecule has 0 radical (unpaired) electrons. The van der Waals surface area contributed by atoms with Crippen LogP contribution in [0.4, 0.5) is 0 Å². The Hall–Kier alpha value is -1.84. The van der Waals surface area contributed by atoms with Crippen LogP contribution in [0, 0.1) is 0 Å². The minimum absolute atomic E-state index is 0.318. The Bertz CT molecular complexity index is 376. The van der Waals surface area contributed by atoms with E-state index in [4.69, 9.17) is 5.11 Å². The fraction of sp³-hybridized carbons (Fsp3) is 0.333. The second-order valence-corrected chi connectivity index (χ2v) is 3.50. The van der Waals surface area contributed by atoms with Crippen LogP contribution in [-0.2, 0) is 22.4 Å². The summed E-state index contributed by atoms with van der Waals surface area (Å²) in [5.74, 6) is -1.02. The number of aryl methyl sites for hydroxylation is 1. The van der Waals surface area contributed by atoms with E-state index in [2.05, 4.69) is 5.32 Å². The summed E-state index contributed by atoms with van der Waals surface area (Å²) in [7, 11) is 0. The topological polar surface area (TPSA) is 66.4 Å². The molecule has 4 heteroatoms. The number of aliphatic carboxylic acids is 1. The Labute approximate surface area is 94.3 Å². The van der Waals surface area contributed by atoms with Gasteiger partial charge < -0.3 is 10.4 Å². The second-order valence-electron chi connectivity index (χ2n) is 3.50. The van der Waals surface area contributed by atoms with E-state index in [0.29, 0.717) is 12.8 Å². The Balaban J connectivity index is 2.84. The molecule has 2 N–H and O–H groups in total. The molecule has 1 aromatic carbocycles. The number of hydrogen-bond acceptors (Lipinski definition) is 2. The van der Waals surface area contributed by atoms with E-state index in [1.165, 1.54) is 0 Å². The van der Waals surface area contributed by atoms with Crippen molar-refractivity contribution in [2.24, 2.45) is 0 Å². The van der Waals surface area contributed by atoms with Crippen LogP contribution in [0.15, 0.2) is 24.3 Å². The van der Waals surface area contributed by atoms with Gasteiger partial charge in [-0.2, -0.15) is 0 Å². The first-order valence-corrected chi connectivity index (χ1v) is 5.18. The molecule has 0 spiro atoms. The zero-order valence-corrected chi connectivity index (χ0v) is 9.14. The van der Waals surface area contributed by atoms with Crippen molar-refractivity contribution in [2.45, 2.75) is 25.8 Å². The first-order valence-electron chi connectivity index (χ1n) is 5.18. The van der Waals surface area contributed by atoms with Crippen molar-refractivity contribution in [1.29, 1.82) is 0 Å². The Morgan fingerprint density at radius 2 is 2.06 bits per heavy atom. The van der Waals surface area contributed by atoms with Crippen LogP contribution in [0.1, 0.15) is 18.1 Å². The van der Waals surface area contributed by atoms with E-state index < -0.39 is 12.0 Å². The summed E-state index contributed by atoms with van der Waals surface area (Å²) >= 11 is 0. The number of hydrogen-bond donors (Lipinski definition) is 2. The van der Waals surface area contributed by atoms with Gasteiger partial charge in [0.1, 0.15) is 6.04 Å². The lowest BCUT2D eigenvalue weighted by atomic mass is 9.99. The third-order valence-corrected chi connectivity index (χ3v) is 2.49. The largest absolute Gasteiger partial charge is 0.480 e. The quantitative estimate of drug-likeness (QED) is 0.704. The number of carboxylic acids is 1. The van der Waals surface area contributed by atoms with E-state index in [-0.39, 0.29) is 0 Å². The molecule has 86 valence electrons. The van der Waals surface area contributed by atoms with Gasteiger partial charge in [0.2, 0.25) is 6.41 Å². The van der Waals surface area contributed by atoms with Crippen LogP contribution in [0.3, 0.4) is 0 Å². The lowest BCUT2D eigenvalue weighted by Crippen LogP contribution is -2.37. The lowest BCUT2D eigenvalue weighted by Gasteiger charge is -2.13. The molecule has 0 aromatic heterocycles. The number of carboxylic acid groups (broad SMARTS) is 1. The molecule has 1 aromatic rings. The number of rotatable bonds is 6. The maximum absolute atomic E-state index is 10.9. The molecule has 0 heterocycles. The highest BCUT2D eigenvalue weighted by molar-refractivity contribution is 5.76. The molecule has 0 aliphatic heterocycles. The summed E-state index contributed by atoms with van der Waals surface area (Å²) in [6, 6.07) is 6.79. The van der Waals surface area contributed by atoms with Crippen molar-refractivity contribution in [1.82, 2.24) is 5.32 Å². The fourth-order valence-electron chi connectivity index (χ4n) is 1.62. The minimum Gasteiger partial charge on any atom is -0.480 e. The van der Waals surface area contributed by atoms with Crippen LogP contribution in [0.2, 0.25) is 0 Å². The predicted octanol–water partition coefficient (Wildman–Crippen LogP) is 0.991.